The first-order valence-corrected chi connectivity index (χ1v) is 9.12. The van der Waals surface area contributed by atoms with Crippen LogP contribution >= 0.6 is 0 Å². The maximum absolute atomic E-state index is 12.1. The zero-order valence-electron chi connectivity index (χ0n) is 10.8. The summed E-state index contributed by atoms with van der Waals surface area (Å²) in [5, 5.41) is 9.62. The Balaban J connectivity index is 2.13. The Labute approximate surface area is 122 Å². The second-order valence-corrected chi connectivity index (χ2v) is 8.25. The number of carboxylic acids is 1. The highest BCUT2D eigenvalue weighted by Gasteiger charge is 2.26. The van der Waals surface area contributed by atoms with Crippen molar-refractivity contribution in [3.63, 3.8) is 0 Å². The van der Waals surface area contributed by atoms with E-state index in [-0.39, 0.29) is 17.1 Å². The van der Waals surface area contributed by atoms with Crippen LogP contribution in [-0.4, -0.2) is 39.7 Å². The zero-order valence-corrected chi connectivity index (χ0v) is 12.4. The third-order valence-electron chi connectivity index (χ3n) is 2.83. The predicted molar refractivity (Wildman–Crippen MR) is 74.8 cm³/mol. The first kappa shape index (κ1) is 15.7. The summed E-state index contributed by atoms with van der Waals surface area (Å²) in [6.45, 7) is 0. The summed E-state index contributed by atoms with van der Waals surface area (Å²) in [4.78, 5) is 10.5. The van der Waals surface area contributed by atoms with E-state index in [1.807, 2.05) is 0 Å². The smallest absolute Gasteiger partial charge is 0.307 e. The molecule has 1 aliphatic rings. The van der Waals surface area contributed by atoms with Crippen molar-refractivity contribution in [1.29, 1.82) is 0 Å². The molecule has 0 aromatic heterocycles. The molecule has 1 aliphatic heterocycles. The Bertz CT molecular complexity index is 778. The Morgan fingerprint density at radius 1 is 1.29 bits per heavy atom. The average Bonchev–Trinajstić information content (AvgIpc) is 2.67. The minimum Gasteiger partial charge on any atom is -0.481 e. The van der Waals surface area contributed by atoms with E-state index in [9.17, 15) is 21.6 Å². The van der Waals surface area contributed by atoms with E-state index in [1.165, 1.54) is 30.3 Å². The summed E-state index contributed by atoms with van der Waals surface area (Å²) in [7, 11) is -7.20. The third-order valence-corrected chi connectivity index (χ3v) is 5.73. The van der Waals surface area contributed by atoms with Gasteiger partial charge in [-0.3, -0.25) is 4.79 Å². The number of carbonyl (C=O) groups is 1. The number of benzene rings is 1. The van der Waals surface area contributed by atoms with Crippen molar-refractivity contribution in [2.75, 3.05) is 5.75 Å². The molecule has 2 rings (SSSR count). The molecule has 1 aromatic rings. The lowest BCUT2D eigenvalue weighted by molar-refractivity contribution is -0.136. The largest absolute Gasteiger partial charge is 0.481 e. The molecule has 0 bridgehead atoms. The Morgan fingerprint density at radius 2 is 1.90 bits per heavy atom. The number of aliphatic carboxylic acids is 1. The van der Waals surface area contributed by atoms with Crippen molar-refractivity contribution in [2.24, 2.45) is 0 Å². The van der Waals surface area contributed by atoms with E-state index in [0.717, 1.165) is 5.41 Å². The van der Waals surface area contributed by atoms with Crippen LogP contribution in [0.3, 0.4) is 0 Å². The Hall–Kier alpha value is -1.71. The first-order valence-electron chi connectivity index (χ1n) is 5.92. The molecule has 0 aliphatic carbocycles. The SMILES string of the molecule is O=C(O)Cc1ccc(S(=O)(=O)NC2C=CS(=O)(=O)C2)cc1. The summed E-state index contributed by atoms with van der Waals surface area (Å²) < 4.78 is 48.9. The molecule has 21 heavy (non-hydrogen) atoms. The molecule has 0 spiro atoms. The number of nitrogens with one attached hydrogen (secondary N) is 1. The van der Waals surface area contributed by atoms with Gasteiger partial charge in [-0.2, -0.15) is 0 Å². The van der Waals surface area contributed by atoms with Gasteiger partial charge in [0.1, 0.15) is 0 Å². The maximum atomic E-state index is 12.1. The standard InChI is InChI=1S/C12H13NO6S2/c14-12(15)7-9-1-3-11(4-2-9)21(18,19)13-10-5-6-20(16,17)8-10/h1-6,10,13H,7-8H2,(H,14,15). The van der Waals surface area contributed by atoms with Gasteiger partial charge in [0.15, 0.2) is 9.84 Å². The molecule has 1 atom stereocenters. The molecule has 114 valence electrons. The highest BCUT2D eigenvalue weighted by Crippen LogP contribution is 2.15. The molecule has 0 radical (unpaired) electrons. The van der Waals surface area contributed by atoms with Gasteiger partial charge in [0.2, 0.25) is 10.0 Å². The van der Waals surface area contributed by atoms with Crippen molar-refractivity contribution < 1.29 is 26.7 Å². The molecule has 9 heteroatoms. The van der Waals surface area contributed by atoms with E-state index in [4.69, 9.17) is 5.11 Å². The lowest BCUT2D eigenvalue weighted by Gasteiger charge is -2.11. The van der Waals surface area contributed by atoms with Crippen LogP contribution in [0.4, 0.5) is 0 Å². The number of hydrogen-bond donors (Lipinski definition) is 2. The summed E-state index contributed by atoms with van der Waals surface area (Å²) in [5.41, 5.74) is 0.477. The van der Waals surface area contributed by atoms with E-state index in [0.29, 0.717) is 5.56 Å². The molecule has 1 heterocycles. The molecule has 0 saturated carbocycles. The van der Waals surface area contributed by atoms with Gasteiger partial charge in [-0.05, 0) is 17.7 Å². The van der Waals surface area contributed by atoms with Crippen molar-refractivity contribution in [1.82, 2.24) is 4.72 Å². The molecule has 7 nitrogen and oxygen atoms in total. The highest BCUT2D eigenvalue weighted by molar-refractivity contribution is 7.94. The van der Waals surface area contributed by atoms with Crippen LogP contribution in [0.25, 0.3) is 0 Å². The van der Waals surface area contributed by atoms with E-state index < -0.39 is 31.9 Å². The van der Waals surface area contributed by atoms with Crippen LogP contribution in [0.15, 0.2) is 40.6 Å². The molecular weight excluding hydrogens is 318 g/mol. The summed E-state index contributed by atoms with van der Waals surface area (Å²) in [6.07, 6.45) is 1.09. The lowest BCUT2D eigenvalue weighted by atomic mass is 10.2. The van der Waals surface area contributed by atoms with Crippen LogP contribution in [0.5, 0.6) is 0 Å². The summed E-state index contributed by atoms with van der Waals surface area (Å²) in [6, 6.07) is 4.59. The zero-order chi connectivity index (χ0) is 15.7. The molecule has 0 fully saturated rings. The fourth-order valence-electron chi connectivity index (χ4n) is 1.88. The van der Waals surface area contributed by atoms with Gasteiger partial charge in [-0.1, -0.05) is 18.2 Å². The fourth-order valence-corrected chi connectivity index (χ4v) is 4.41. The number of sulfonamides is 1. The normalized spacial score (nSPS) is 20.5. The van der Waals surface area contributed by atoms with Crippen molar-refractivity contribution >= 4 is 25.8 Å². The predicted octanol–water partition coefficient (Wildman–Crippen LogP) is -0.0973. The number of carboxylic acid groups (broad SMARTS) is 1. The van der Waals surface area contributed by atoms with Crippen molar-refractivity contribution in [3.05, 3.63) is 41.3 Å². The second kappa shape index (κ2) is 5.58. The molecule has 1 aromatic carbocycles. The van der Waals surface area contributed by atoms with Crippen LogP contribution in [0.1, 0.15) is 5.56 Å². The number of hydrogen-bond acceptors (Lipinski definition) is 5. The molecule has 0 amide bonds. The highest BCUT2D eigenvalue weighted by atomic mass is 32.2. The van der Waals surface area contributed by atoms with Crippen molar-refractivity contribution in [3.8, 4) is 0 Å². The average molecular weight is 331 g/mol. The van der Waals surface area contributed by atoms with Gasteiger partial charge in [0.05, 0.1) is 23.1 Å². The van der Waals surface area contributed by atoms with Crippen LogP contribution in [-0.2, 0) is 31.1 Å². The monoisotopic (exact) mass is 331 g/mol. The van der Waals surface area contributed by atoms with Gasteiger partial charge < -0.3 is 5.11 Å². The van der Waals surface area contributed by atoms with Crippen LogP contribution in [0, 0.1) is 0 Å². The lowest BCUT2D eigenvalue weighted by Crippen LogP contribution is -2.35. The van der Waals surface area contributed by atoms with Gasteiger partial charge in [-0.15, -0.1) is 0 Å². The molecule has 0 saturated heterocycles. The third kappa shape index (κ3) is 4.13. The van der Waals surface area contributed by atoms with Crippen LogP contribution < -0.4 is 4.72 Å². The topological polar surface area (TPSA) is 118 Å². The Morgan fingerprint density at radius 3 is 2.38 bits per heavy atom. The van der Waals surface area contributed by atoms with Gasteiger partial charge in [0.25, 0.3) is 0 Å². The van der Waals surface area contributed by atoms with E-state index in [2.05, 4.69) is 4.72 Å². The van der Waals surface area contributed by atoms with Crippen LogP contribution in [0.2, 0.25) is 0 Å². The number of sulfone groups is 1. The fraction of sp³-hybridized carbons (Fsp3) is 0.250. The van der Waals surface area contributed by atoms with Gasteiger partial charge in [-0.25, -0.2) is 21.6 Å². The first-order chi connectivity index (χ1) is 9.68. The molecule has 2 N–H and O–H groups in total. The second-order valence-electron chi connectivity index (χ2n) is 4.60. The van der Waals surface area contributed by atoms with E-state index in [1.54, 1.807) is 0 Å². The van der Waals surface area contributed by atoms with Crippen molar-refractivity contribution in [2.45, 2.75) is 17.4 Å². The minimum absolute atomic E-state index is 0.0469. The quantitative estimate of drug-likeness (QED) is 0.778. The minimum atomic E-state index is -3.85. The maximum Gasteiger partial charge on any atom is 0.307 e. The summed E-state index contributed by atoms with van der Waals surface area (Å²) in [5.74, 6) is -1.31. The van der Waals surface area contributed by atoms with E-state index >= 15 is 0 Å². The molecule has 1 unspecified atom stereocenters. The summed E-state index contributed by atoms with van der Waals surface area (Å²) >= 11 is 0. The van der Waals surface area contributed by atoms with Gasteiger partial charge in [0, 0.05) is 5.41 Å². The Kier molecular flexibility index (Phi) is 4.17. The van der Waals surface area contributed by atoms with Gasteiger partial charge >= 0.3 is 5.97 Å². The number of rotatable bonds is 5. The molecular formula is C12H13NO6S2.